The number of allylic oxidation sites excluding steroid dienone is 1. The van der Waals surface area contributed by atoms with Crippen LogP contribution in [0.2, 0.25) is 10.0 Å². The molecule has 143 valence electrons. The molecule has 0 bridgehead atoms. The number of fused-ring (bicyclic) bond motifs is 3. The Labute approximate surface area is 174 Å². The average molecular weight is 425 g/mol. The van der Waals surface area contributed by atoms with Gasteiger partial charge >= 0.3 is 0 Å². The number of para-hydroxylation sites is 1. The maximum Gasteiger partial charge on any atom is 0.280 e. The Bertz CT molecular complexity index is 1290. The standard InChI is InChI=1S/C20H12Cl2N5O2/c1-9-10-5-6-13-18(15(10)19(28)25-16(9)14-7-23-8-29-14)27-20(24-13)26-17-11(21)3-2-4-12(17)22/h2-8H,1H3,(H2,24,26,27). The number of aromatic amines is 1. The molecular formula is C20H12Cl2N5O2. The quantitative estimate of drug-likeness (QED) is 0.467. The number of rotatable bonds is 3. The Balaban J connectivity index is 1.63. The number of nitrogens with zero attached hydrogens (tertiary/aromatic N) is 3. The number of nitrogens with one attached hydrogen (secondary N) is 2. The van der Waals surface area contributed by atoms with E-state index < -0.39 is 0 Å². The van der Waals surface area contributed by atoms with Crippen LogP contribution in [0, 0.1) is 0 Å². The lowest BCUT2D eigenvalue weighted by Crippen LogP contribution is -2.22. The number of H-pyrrole nitrogens is 1. The predicted octanol–water partition coefficient (Wildman–Crippen LogP) is 5.25. The van der Waals surface area contributed by atoms with E-state index in [0.29, 0.717) is 49.7 Å². The topological polar surface area (TPSA) is 97.9 Å². The summed E-state index contributed by atoms with van der Waals surface area (Å²) < 4.78 is 5.32. The third-order valence-electron chi connectivity index (χ3n) is 4.72. The molecule has 2 aromatic heterocycles. The van der Waals surface area contributed by atoms with Crippen LogP contribution in [-0.2, 0) is 0 Å². The molecule has 1 aliphatic heterocycles. The first-order valence-electron chi connectivity index (χ1n) is 8.63. The van der Waals surface area contributed by atoms with Crippen molar-refractivity contribution in [1.82, 2.24) is 20.3 Å². The Morgan fingerprint density at radius 2 is 1.93 bits per heavy atom. The molecule has 3 heterocycles. The fourth-order valence-electron chi connectivity index (χ4n) is 3.35. The number of benzene rings is 2. The normalized spacial score (nSPS) is 13.6. The third-order valence-corrected chi connectivity index (χ3v) is 5.35. The predicted molar refractivity (Wildman–Crippen MR) is 111 cm³/mol. The van der Waals surface area contributed by atoms with Gasteiger partial charge in [-0.2, -0.15) is 0 Å². The van der Waals surface area contributed by atoms with Crippen molar-refractivity contribution in [2.75, 3.05) is 5.32 Å². The molecule has 0 atom stereocenters. The second-order valence-corrected chi connectivity index (χ2v) is 7.26. The number of halogens is 2. The van der Waals surface area contributed by atoms with Gasteiger partial charge in [0, 0.05) is 0 Å². The summed E-state index contributed by atoms with van der Waals surface area (Å²) in [6.45, 7) is 1.89. The van der Waals surface area contributed by atoms with Gasteiger partial charge in [0.05, 0.1) is 38.5 Å². The zero-order chi connectivity index (χ0) is 20.1. The molecule has 0 aliphatic carbocycles. The summed E-state index contributed by atoms with van der Waals surface area (Å²) in [5.74, 6) is 0.481. The van der Waals surface area contributed by atoms with E-state index in [4.69, 9.17) is 27.6 Å². The highest BCUT2D eigenvalue weighted by molar-refractivity contribution is 6.39. The van der Waals surface area contributed by atoms with E-state index in [2.05, 4.69) is 25.6 Å². The second kappa shape index (κ2) is 6.65. The van der Waals surface area contributed by atoms with Gasteiger partial charge < -0.3 is 14.7 Å². The van der Waals surface area contributed by atoms with E-state index >= 15 is 0 Å². The molecule has 0 saturated carbocycles. The Hall–Kier alpha value is -3.29. The number of anilines is 2. The first kappa shape index (κ1) is 17.8. The van der Waals surface area contributed by atoms with Gasteiger partial charge in [0.2, 0.25) is 5.95 Å². The summed E-state index contributed by atoms with van der Waals surface area (Å²) in [6, 6.07) is 8.89. The van der Waals surface area contributed by atoms with E-state index in [-0.39, 0.29) is 5.91 Å². The van der Waals surface area contributed by atoms with Crippen LogP contribution in [0.25, 0.3) is 22.3 Å². The molecule has 1 aliphatic rings. The van der Waals surface area contributed by atoms with Crippen LogP contribution < -0.4 is 10.6 Å². The Kier molecular flexibility index (Phi) is 4.08. The lowest BCUT2D eigenvalue weighted by Gasteiger charge is -2.18. The molecular weight excluding hydrogens is 413 g/mol. The number of amides is 1. The van der Waals surface area contributed by atoms with Crippen LogP contribution in [0.5, 0.6) is 0 Å². The highest BCUT2D eigenvalue weighted by atomic mass is 35.5. The summed E-state index contributed by atoms with van der Waals surface area (Å²) in [5, 5.41) is 8.22. The maximum atomic E-state index is 12.9. The number of oxazole rings is 1. The second-order valence-electron chi connectivity index (χ2n) is 6.45. The Morgan fingerprint density at radius 3 is 2.66 bits per heavy atom. The van der Waals surface area contributed by atoms with Crippen LogP contribution in [0.3, 0.4) is 0 Å². The first-order chi connectivity index (χ1) is 14.0. The highest BCUT2D eigenvalue weighted by Gasteiger charge is 2.29. The van der Waals surface area contributed by atoms with Gasteiger partial charge in [0.15, 0.2) is 12.2 Å². The highest BCUT2D eigenvalue weighted by Crippen LogP contribution is 2.37. The van der Waals surface area contributed by atoms with Crippen molar-refractivity contribution in [1.29, 1.82) is 0 Å². The van der Waals surface area contributed by atoms with Gasteiger partial charge in [0.1, 0.15) is 5.70 Å². The van der Waals surface area contributed by atoms with Crippen molar-refractivity contribution in [2.45, 2.75) is 6.92 Å². The van der Waals surface area contributed by atoms with Crippen molar-refractivity contribution in [3.8, 4) is 0 Å². The van der Waals surface area contributed by atoms with Gasteiger partial charge in [-0.05, 0) is 36.3 Å². The van der Waals surface area contributed by atoms with E-state index in [1.54, 1.807) is 18.2 Å². The first-order valence-corrected chi connectivity index (χ1v) is 9.38. The van der Waals surface area contributed by atoms with E-state index in [0.717, 1.165) is 11.1 Å². The fraction of sp³-hybridized carbons (Fsp3) is 0.0500. The minimum absolute atomic E-state index is 0.381. The van der Waals surface area contributed by atoms with Crippen molar-refractivity contribution in [3.63, 3.8) is 0 Å². The van der Waals surface area contributed by atoms with Gasteiger partial charge in [-0.15, -0.1) is 0 Å². The van der Waals surface area contributed by atoms with Crippen molar-refractivity contribution < 1.29 is 9.21 Å². The minimum Gasteiger partial charge on any atom is -0.442 e. The molecule has 0 spiro atoms. The van der Waals surface area contributed by atoms with Crippen molar-refractivity contribution in [3.05, 3.63) is 69.9 Å². The summed E-state index contributed by atoms with van der Waals surface area (Å²) >= 11 is 12.4. The lowest BCUT2D eigenvalue weighted by molar-refractivity contribution is 0.0969. The zero-order valence-electron chi connectivity index (χ0n) is 15.0. The summed E-state index contributed by atoms with van der Waals surface area (Å²) in [4.78, 5) is 24.4. The number of hydrogen-bond donors (Lipinski definition) is 2. The number of carbonyl (C=O) groups excluding carboxylic acids is 1. The number of aromatic nitrogens is 3. The molecule has 2 N–H and O–H groups in total. The van der Waals surface area contributed by atoms with Gasteiger partial charge in [-0.1, -0.05) is 35.3 Å². The summed E-state index contributed by atoms with van der Waals surface area (Å²) in [7, 11) is 0. The number of hydrogen-bond acceptors (Lipinski definition) is 5. The number of carbonyl (C=O) groups is 1. The molecule has 0 saturated heterocycles. The minimum atomic E-state index is -0.381. The van der Waals surface area contributed by atoms with Gasteiger partial charge in [-0.3, -0.25) is 4.79 Å². The van der Waals surface area contributed by atoms with Gasteiger partial charge in [0.25, 0.3) is 5.91 Å². The molecule has 5 rings (SSSR count). The molecule has 1 amide bonds. The van der Waals surface area contributed by atoms with Crippen LogP contribution in [0.4, 0.5) is 11.6 Å². The SMILES string of the molecule is CC1=C(c2cnco2)[N]C(=O)c2c1ccc1nc(Nc3c(Cl)cccc3Cl)[nH]c21. The molecule has 7 nitrogen and oxygen atoms in total. The monoisotopic (exact) mass is 424 g/mol. The largest absolute Gasteiger partial charge is 0.442 e. The fourth-order valence-corrected chi connectivity index (χ4v) is 3.84. The van der Waals surface area contributed by atoms with Crippen LogP contribution in [0.15, 0.2) is 47.3 Å². The van der Waals surface area contributed by atoms with E-state index in [1.807, 2.05) is 19.1 Å². The molecule has 29 heavy (non-hydrogen) atoms. The van der Waals surface area contributed by atoms with Crippen LogP contribution >= 0.6 is 23.2 Å². The van der Waals surface area contributed by atoms with Crippen molar-refractivity contribution in [2.24, 2.45) is 0 Å². The third kappa shape index (κ3) is 2.86. The molecule has 9 heteroatoms. The van der Waals surface area contributed by atoms with E-state index in [1.165, 1.54) is 12.6 Å². The number of imidazole rings is 1. The average Bonchev–Trinajstić information content (AvgIpc) is 3.36. The van der Waals surface area contributed by atoms with Crippen LogP contribution in [0.1, 0.15) is 28.6 Å². The zero-order valence-corrected chi connectivity index (χ0v) is 16.5. The maximum absolute atomic E-state index is 12.9. The molecule has 1 radical (unpaired) electrons. The lowest BCUT2D eigenvalue weighted by atomic mass is 9.93. The molecule has 4 aromatic rings. The van der Waals surface area contributed by atoms with Gasteiger partial charge in [-0.25, -0.2) is 15.3 Å². The summed E-state index contributed by atoms with van der Waals surface area (Å²) in [6.07, 6.45) is 2.84. The van der Waals surface area contributed by atoms with Crippen LogP contribution in [-0.4, -0.2) is 20.9 Å². The smallest absolute Gasteiger partial charge is 0.280 e. The summed E-state index contributed by atoms with van der Waals surface area (Å²) in [5.41, 5.74) is 4.23. The Morgan fingerprint density at radius 1 is 1.14 bits per heavy atom. The molecule has 0 fully saturated rings. The molecule has 2 aromatic carbocycles. The molecule has 0 unspecified atom stereocenters. The van der Waals surface area contributed by atoms with Crippen molar-refractivity contribution >= 4 is 63.0 Å². The van der Waals surface area contributed by atoms with E-state index in [9.17, 15) is 4.79 Å².